The van der Waals surface area contributed by atoms with E-state index in [-0.39, 0.29) is 6.61 Å². The molecule has 3 nitrogen and oxygen atoms in total. The number of amides is 1. The number of aliphatic hydroxyl groups is 1. The SMILES string of the molecule is CCCCCCC(CCCCCCCCCCCNC=O)c1ccccc1CO. The number of unbranched alkanes of at least 4 members (excludes halogenated alkanes) is 11. The Hall–Kier alpha value is -1.35. The summed E-state index contributed by atoms with van der Waals surface area (Å²) >= 11 is 0. The number of rotatable bonds is 20. The Morgan fingerprint density at radius 2 is 1.38 bits per heavy atom. The van der Waals surface area contributed by atoms with E-state index in [0.29, 0.717) is 5.92 Å². The molecule has 0 saturated carbocycles. The van der Waals surface area contributed by atoms with E-state index in [2.05, 4.69) is 30.4 Å². The molecule has 2 N–H and O–H groups in total. The molecule has 0 aliphatic heterocycles. The minimum absolute atomic E-state index is 0.160. The van der Waals surface area contributed by atoms with Gasteiger partial charge in [-0.3, -0.25) is 4.79 Å². The van der Waals surface area contributed by atoms with Crippen LogP contribution in [-0.4, -0.2) is 18.1 Å². The molecule has 1 atom stereocenters. The van der Waals surface area contributed by atoms with E-state index in [0.717, 1.165) is 24.9 Å². The van der Waals surface area contributed by atoms with Gasteiger partial charge in [-0.1, -0.05) is 108 Å². The smallest absolute Gasteiger partial charge is 0.207 e. The van der Waals surface area contributed by atoms with E-state index in [1.807, 2.05) is 6.07 Å². The van der Waals surface area contributed by atoms with E-state index in [1.165, 1.54) is 95.5 Å². The molecule has 0 fully saturated rings. The molecule has 1 aromatic rings. The number of hydrogen-bond donors (Lipinski definition) is 2. The molecule has 1 aromatic carbocycles. The maximum absolute atomic E-state index is 10.2. The lowest BCUT2D eigenvalue weighted by Crippen LogP contribution is -2.11. The highest BCUT2D eigenvalue weighted by molar-refractivity contribution is 5.45. The van der Waals surface area contributed by atoms with Crippen LogP contribution in [0.1, 0.15) is 120 Å². The second-order valence-corrected chi connectivity index (χ2v) is 8.45. The van der Waals surface area contributed by atoms with E-state index in [4.69, 9.17) is 0 Å². The van der Waals surface area contributed by atoms with Gasteiger partial charge >= 0.3 is 0 Å². The summed E-state index contributed by atoms with van der Waals surface area (Å²) in [5.41, 5.74) is 2.51. The van der Waals surface area contributed by atoms with Gasteiger partial charge in [0.05, 0.1) is 6.61 Å². The van der Waals surface area contributed by atoms with Gasteiger partial charge in [-0.05, 0) is 36.3 Å². The van der Waals surface area contributed by atoms with E-state index >= 15 is 0 Å². The van der Waals surface area contributed by atoms with E-state index < -0.39 is 0 Å². The number of nitrogens with one attached hydrogen (secondary N) is 1. The summed E-state index contributed by atoms with van der Waals surface area (Å²) < 4.78 is 0. The fourth-order valence-electron chi connectivity index (χ4n) is 4.26. The largest absolute Gasteiger partial charge is 0.392 e. The molecule has 3 heteroatoms. The minimum atomic E-state index is 0.160. The third-order valence-electron chi connectivity index (χ3n) is 6.03. The highest BCUT2D eigenvalue weighted by atomic mass is 16.3. The standard InChI is InChI=1S/C26H45NO2/c1-2-3-4-12-17-24(26-20-15-14-19-25(26)22-28)18-13-10-8-6-5-7-9-11-16-21-27-23-29/h14-15,19-20,23-24,28H,2-13,16-18,21-22H2,1H3,(H,27,29). The van der Waals surface area contributed by atoms with Gasteiger partial charge in [-0.25, -0.2) is 0 Å². The average molecular weight is 404 g/mol. The van der Waals surface area contributed by atoms with Crippen LogP contribution in [0, 0.1) is 0 Å². The summed E-state index contributed by atoms with van der Waals surface area (Å²) in [6, 6.07) is 8.49. The van der Waals surface area contributed by atoms with Crippen molar-refractivity contribution in [1.29, 1.82) is 0 Å². The van der Waals surface area contributed by atoms with Crippen molar-refractivity contribution in [2.75, 3.05) is 6.54 Å². The summed E-state index contributed by atoms with van der Waals surface area (Å²) in [4.78, 5) is 10.2. The second kappa shape index (κ2) is 18.7. The van der Waals surface area contributed by atoms with Crippen molar-refractivity contribution in [1.82, 2.24) is 5.32 Å². The lowest BCUT2D eigenvalue weighted by atomic mass is 9.85. The number of benzene rings is 1. The Morgan fingerprint density at radius 1 is 0.828 bits per heavy atom. The maximum Gasteiger partial charge on any atom is 0.207 e. The summed E-state index contributed by atoms with van der Waals surface area (Å²) in [7, 11) is 0. The summed E-state index contributed by atoms with van der Waals surface area (Å²) in [6.07, 6.45) is 20.2. The molecule has 0 bridgehead atoms. The molecular formula is C26H45NO2. The number of hydrogen-bond acceptors (Lipinski definition) is 2. The minimum Gasteiger partial charge on any atom is -0.392 e. The highest BCUT2D eigenvalue weighted by Crippen LogP contribution is 2.31. The Balaban J connectivity index is 2.22. The van der Waals surface area contributed by atoms with Crippen molar-refractivity contribution in [2.24, 2.45) is 0 Å². The molecule has 1 amide bonds. The third-order valence-corrected chi connectivity index (χ3v) is 6.03. The van der Waals surface area contributed by atoms with Crippen molar-refractivity contribution in [3.63, 3.8) is 0 Å². The molecule has 0 saturated heterocycles. The molecule has 166 valence electrons. The predicted molar refractivity (Wildman–Crippen MR) is 124 cm³/mol. The van der Waals surface area contributed by atoms with Crippen LogP contribution in [0.4, 0.5) is 0 Å². The molecule has 0 heterocycles. The molecular weight excluding hydrogens is 358 g/mol. The van der Waals surface area contributed by atoms with Crippen LogP contribution in [0.3, 0.4) is 0 Å². The summed E-state index contributed by atoms with van der Waals surface area (Å²) in [6.45, 7) is 3.25. The molecule has 29 heavy (non-hydrogen) atoms. The molecule has 0 aliphatic rings. The quantitative estimate of drug-likeness (QED) is 0.184. The molecule has 0 aromatic heterocycles. The van der Waals surface area contributed by atoms with Crippen LogP contribution < -0.4 is 5.32 Å². The first kappa shape index (κ1) is 25.7. The number of carbonyl (C=O) groups is 1. The van der Waals surface area contributed by atoms with Gasteiger partial charge in [0.15, 0.2) is 0 Å². The van der Waals surface area contributed by atoms with Crippen LogP contribution in [0.25, 0.3) is 0 Å². The van der Waals surface area contributed by atoms with Crippen LogP contribution in [-0.2, 0) is 11.4 Å². The van der Waals surface area contributed by atoms with E-state index in [9.17, 15) is 9.90 Å². The van der Waals surface area contributed by atoms with Crippen LogP contribution in [0.5, 0.6) is 0 Å². The van der Waals surface area contributed by atoms with Crippen LogP contribution >= 0.6 is 0 Å². The van der Waals surface area contributed by atoms with Gasteiger partial charge in [0, 0.05) is 6.54 Å². The fraction of sp³-hybridized carbons (Fsp3) is 0.731. The van der Waals surface area contributed by atoms with Crippen LogP contribution in [0.2, 0.25) is 0 Å². The molecule has 1 unspecified atom stereocenters. The molecule has 0 spiro atoms. The van der Waals surface area contributed by atoms with E-state index in [1.54, 1.807) is 0 Å². The van der Waals surface area contributed by atoms with Gasteiger partial charge < -0.3 is 10.4 Å². The fourth-order valence-corrected chi connectivity index (χ4v) is 4.26. The first-order chi connectivity index (χ1) is 14.3. The van der Waals surface area contributed by atoms with Gasteiger partial charge in [0.1, 0.15) is 0 Å². The lowest BCUT2D eigenvalue weighted by molar-refractivity contribution is -0.109. The second-order valence-electron chi connectivity index (χ2n) is 8.45. The summed E-state index contributed by atoms with van der Waals surface area (Å²) in [5, 5.41) is 12.5. The highest BCUT2D eigenvalue weighted by Gasteiger charge is 2.14. The predicted octanol–water partition coefficient (Wildman–Crippen LogP) is 6.88. The van der Waals surface area contributed by atoms with Gasteiger partial charge in [-0.15, -0.1) is 0 Å². The zero-order chi connectivity index (χ0) is 21.0. The normalized spacial score (nSPS) is 12.1. The Bertz CT molecular complexity index is 503. The first-order valence-electron chi connectivity index (χ1n) is 12.2. The zero-order valence-corrected chi connectivity index (χ0v) is 18.8. The van der Waals surface area contributed by atoms with Crippen molar-refractivity contribution in [3.05, 3.63) is 35.4 Å². The zero-order valence-electron chi connectivity index (χ0n) is 18.8. The first-order valence-corrected chi connectivity index (χ1v) is 12.2. The average Bonchev–Trinajstić information content (AvgIpc) is 2.76. The van der Waals surface area contributed by atoms with Crippen LogP contribution in [0.15, 0.2) is 24.3 Å². The molecule has 0 aliphatic carbocycles. The number of aliphatic hydroxyl groups excluding tert-OH is 1. The number of carbonyl (C=O) groups excluding carboxylic acids is 1. The lowest BCUT2D eigenvalue weighted by Gasteiger charge is -2.20. The van der Waals surface area contributed by atoms with Gasteiger partial charge in [-0.2, -0.15) is 0 Å². The van der Waals surface area contributed by atoms with Crippen molar-refractivity contribution in [3.8, 4) is 0 Å². The van der Waals surface area contributed by atoms with Gasteiger partial charge in [0.2, 0.25) is 6.41 Å². The third kappa shape index (κ3) is 12.7. The Kier molecular flexibility index (Phi) is 16.5. The Morgan fingerprint density at radius 3 is 1.97 bits per heavy atom. The monoisotopic (exact) mass is 403 g/mol. The molecule has 0 radical (unpaired) electrons. The van der Waals surface area contributed by atoms with Crippen molar-refractivity contribution in [2.45, 2.75) is 116 Å². The van der Waals surface area contributed by atoms with Gasteiger partial charge in [0.25, 0.3) is 0 Å². The molecule has 1 rings (SSSR count). The maximum atomic E-state index is 10.2. The topological polar surface area (TPSA) is 49.3 Å². The Labute approximate surface area is 179 Å². The summed E-state index contributed by atoms with van der Waals surface area (Å²) in [5.74, 6) is 0.607. The van der Waals surface area contributed by atoms with Crippen molar-refractivity contribution < 1.29 is 9.90 Å². The van der Waals surface area contributed by atoms with Crippen molar-refractivity contribution >= 4 is 6.41 Å².